The van der Waals surface area contributed by atoms with Crippen LogP contribution in [-0.4, -0.2) is 29.1 Å². The monoisotopic (exact) mass is 371 g/mol. The Morgan fingerprint density at radius 3 is 2.19 bits per heavy atom. The van der Waals surface area contributed by atoms with E-state index in [9.17, 15) is 13.2 Å². The lowest BCUT2D eigenvalue weighted by molar-refractivity contribution is 0.100. The van der Waals surface area contributed by atoms with Crippen molar-refractivity contribution in [2.45, 2.75) is 18.7 Å². The molecule has 3 N–H and O–H groups in total. The number of Topliss-reactive ketones (excluding diaryl/α,β-unsaturated/α-hetero) is 1. The van der Waals surface area contributed by atoms with Crippen molar-refractivity contribution in [2.75, 3.05) is 5.43 Å². The van der Waals surface area contributed by atoms with E-state index in [1.165, 1.54) is 23.7 Å². The minimum atomic E-state index is -3.77. The molecular formula is C17H17N5O3S. The first kappa shape index (κ1) is 17.8. The van der Waals surface area contributed by atoms with E-state index >= 15 is 0 Å². The maximum atomic E-state index is 11.9. The average molecular weight is 371 g/mol. The summed E-state index contributed by atoms with van der Waals surface area (Å²) in [6.45, 7) is 3.37. The molecule has 3 rings (SSSR count). The highest BCUT2D eigenvalue weighted by Crippen LogP contribution is 2.21. The quantitative estimate of drug-likeness (QED) is 0.662. The van der Waals surface area contributed by atoms with Gasteiger partial charge in [-0.25, -0.2) is 18.2 Å². The van der Waals surface area contributed by atoms with Crippen LogP contribution < -0.4 is 10.6 Å². The van der Waals surface area contributed by atoms with Gasteiger partial charge >= 0.3 is 0 Å². The molecule has 0 aliphatic carbocycles. The third-order valence-corrected chi connectivity index (χ3v) is 4.64. The third kappa shape index (κ3) is 3.63. The van der Waals surface area contributed by atoms with Crippen LogP contribution in [-0.2, 0) is 10.0 Å². The highest BCUT2D eigenvalue weighted by atomic mass is 32.2. The molecule has 2 aromatic carbocycles. The minimum Gasteiger partial charge on any atom is -0.291 e. The summed E-state index contributed by atoms with van der Waals surface area (Å²) >= 11 is 0. The van der Waals surface area contributed by atoms with E-state index in [4.69, 9.17) is 5.14 Å². The number of nitrogens with zero attached hydrogens (tertiary/aromatic N) is 3. The normalized spacial score (nSPS) is 11.3. The number of sulfonamides is 1. The average Bonchev–Trinajstić information content (AvgIpc) is 2.99. The van der Waals surface area contributed by atoms with Gasteiger partial charge in [-0.3, -0.25) is 10.2 Å². The molecule has 9 heteroatoms. The number of nitrogens with two attached hydrogens (primary N) is 1. The van der Waals surface area contributed by atoms with Gasteiger partial charge in [-0.1, -0.05) is 29.8 Å². The summed E-state index contributed by atoms with van der Waals surface area (Å²) in [6.07, 6.45) is 0. The smallest absolute Gasteiger partial charge is 0.238 e. The number of anilines is 1. The van der Waals surface area contributed by atoms with Crippen molar-refractivity contribution in [3.8, 4) is 11.4 Å². The molecule has 1 heterocycles. The zero-order chi connectivity index (χ0) is 18.9. The largest absolute Gasteiger partial charge is 0.291 e. The first-order chi connectivity index (χ1) is 12.3. The molecule has 0 amide bonds. The van der Waals surface area contributed by atoms with Crippen LogP contribution in [0.25, 0.3) is 11.4 Å². The molecule has 134 valence electrons. The van der Waals surface area contributed by atoms with E-state index in [-0.39, 0.29) is 16.5 Å². The summed E-state index contributed by atoms with van der Waals surface area (Å²) in [5.41, 5.74) is 5.46. The van der Waals surface area contributed by atoms with E-state index in [1.54, 1.807) is 12.1 Å². The number of aryl methyl sites for hydroxylation is 1. The van der Waals surface area contributed by atoms with E-state index in [1.807, 2.05) is 31.2 Å². The second-order valence-electron chi connectivity index (χ2n) is 5.79. The number of nitrogens with one attached hydrogen (secondary N) is 1. The van der Waals surface area contributed by atoms with Crippen LogP contribution in [0.2, 0.25) is 0 Å². The summed E-state index contributed by atoms with van der Waals surface area (Å²) in [6, 6.07) is 13.5. The number of primary sulfonamides is 1. The number of aromatic nitrogens is 3. The van der Waals surface area contributed by atoms with Crippen molar-refractivity contribution in [3.63, 3.8) is 0 Å². The number of carbonyl (C=O) groups is 1. The summed E-state index contributed by atoms with van der Waals surface area (Å²) in [5, 5.41) is 13.2. The fourth-order valence-corrected chi connectivity index (χ4v) is 2.87. The fraction of sp³-hybridized carbons (Fsp3) is 0.118. The molecule has 8 nitrogen and oxygen atoms in total. The van der Waals surface area contributed by atoms with Crippen LogP contribution in [0.15, 0.2) is 53.4 Å². The molecular weight excluding hydrogens is 354 g/mol. The van der Waals surface area contributed by atoms with Gasteiger partial charge in [-0.15, -0.1) is 10.2 Å². The van der Waals surface area contributed by atoms with Gasteiger partial charge in [0.2, 0.25) is 15.8 Å². The van der Waals surface area contributed by atoms with E-state index in [0.717, 1.165) is 11.1 Å². The molecule has 0 aliphatic heterocycles. The highest BCUT2D eigenvalue weighted by Gasteiger charge is 2.17. The van der Waals surface area contributed by atoms with Crippen LogP contribution in [0.5, 0.6) is 0 Å². The molecule has 1 aromatic heterocycles. The molecule has 0 unspecified atom stereocenters. The predicted molar refractivity (Wildman–Crippen MR) is 97.0 cm³/mol. The van der Waals surface area contributed by atoms with Gasteiger partial charge in [-0.05, 0) is 31.2 Å². The topological polar surface area (TPSA) is 120 Å². The third-order valence-electron chi connectivity index (χ3n) is 3.71. The lowest BCUT2D eigenvalue weighted by Crippen LogP contribution is -2.17. The van der Waals surface area contributed by atoms with Crippen LogP contribution in [0.4, 0.5) is 5.69 Å². The van der Waals surface area contributed by atoms with Crippen molar-refractivity contribution in [1.29, 1.82) is 0 Å². The van der Waals surface area contributed by atoms with Gasteiger partial charge in [0, 0.05) is 12.5 Å². The van der Waals surface area contributed by atoms with Crippen molar-refractivity contribution < 1.29 is 13.2 Å². The Kier molecular flexibility index (Phi) is 4.58. The van der Waals surface area contributed by atoms with Gasteiger partial charge in [0.1, 0.15) is 0 Å². The summed E-state index contributed by atoms with van der Waals surface area (Å²) in [7, 11) is -3.77. The Bertz CT molecular complexity index is 1050. The Morgan fingerprint density at radius 2 is 1.65 bits per heavy atom. The Labute approximate surface area is 150 Å². The maximum absolute atomic E-state index is 11.9. The summed E-state index contributed by atoms with van der Waals surface area (Å²) in [4.78, 5) is 11.9. The molecule has 0 spiro atoms. The fourth-order valence-electron chi connectivity index (χ4n) is 2.36. The molecule has 0 bridgehead atoms. The van der Waals surface area contributed by atoms with Gasteiger partial charge in [0.05, 0.1) is 10.6 Å². The van der Waals surface area contributed by atoms with Crippen molar-refractivity contribution >= 4 is 21.5 Å². The van der Waals surface area contributed by atoms with E-state index in [0.29, 0.717) is 11.5 Å². The number of ketones is 1. The zero-order valence-corrected chi connectivity index (χ0v) is 15.0. The van der Waals surface area contributed by atoms with Gasteiger partial charge in [0.15, 0.2) is 11.6 Å². The highest BCUT2D eigenvalue weighted by molar-refractivity contribution is 7.89. The summed E-state index contributed by atoms with van der Waals surface area (Å²) in [5.74, 6) is 0.339. The van der Waals surface area contributed by atoms with Crippen LogP contribution in [0, 0.1) is 6.92 Å². The maximum Gasteiger partial charge on any atom is 0.238 e. The lowest BCUT2D eigenvalue weighted by atomic mass is 10.1. The Morgan fingerprint density at radius 1 is 1.04 bits per heavy atom. The number of rotatable bonds is 5. The Balaban J connectivity index is 2.02. The van der Waals surface area contributed by atoms with Crippen molar-refractivity contribution in [1.82, 2.24) is 14.9 Å². The molecule has 0 aliphatic rings. The Hall–Kier alpha value is -3.04. The second kappa shape index (κ2) is 6.70. The standard InChI is InChI=1S/C17H17N5O3S/c1-11-3-5-13(6-4-11)17-20-19-16(12(2)23)22(17)21-14-7-9-15(10-8-14)26(18,24)25/h3-10,21H,1-2H3,(H2,18,24,25). The molecule has 26 heavy (non-hydrogen) atoms. The summed E-state index contributed by atoms with van der Waals surface area (Å²) < 4.78 is 24.2. The first-order valence-corrected chi connectivity index (χ1v) is 9.23. The first-order valence-electron chi connectivity index (χ1n) is 7.69. The second-order valence-corrected chi connectivity index (χ2v) is 7.35. The number of hydrogen-bond acceptors (Lipinski definition) is 6. The predicted octanol–water partition coefficient (Wildman–Crippen LogP) is 1.98. The number of hydrogen-bond donors (Lipinski definition) is 2. The zero-order valence-electron chi connectivity index (χ0n) is 14.2. The number of benzene rings is 2. The van der Waals surface area contributed by atoms with Crippen LogP contribution in [0.3, 0.4) is 0 Å². The van der Waals surface area contributed by atoms with Crippen molar-refractivity contribution in [2.24, 2.45) is 5.14 Å². The van der Waals surface area contributed by atoms with Gasteiger partial charge in [0.25, 0.3) is 0 Å². The minimum absolute atomic E-state index is 0.00245. The van der Waals surface area contributed by atoms with Gasteiger partial charge in [-0.2, -0.15) is 0 Å². The van der Waals surface area contributed by atoms with E-state index in [2.05, 4.69) is 15.6 Å². The lowest BCUT2D eigenvalue weighted by Gasteiger charge is -2.12. The SMILES string of the molecule is CC(=O)c1nnc(-c2ccc(C)cc2)n1Nc1ccc(S(N)(=O)=O)cc1. The molecule has 0 saturated carbocycles. The molecule has 0 saturated heterocycles. The molecule has 0 atom stereocenters. The van der Waals surface area contributed by atoms with E-state index < -0.39 is 10.0 Å². The van der Waals surface area contributed by atoms with Crippen LogP contribution in [0.1, 0.15) is 23.1 Å². The molecule has 0 radical (unpaired) electrons. The number of carbonyl (C=O) groups excluding carboxylic acids is 1. The van der Waals surface area contributed by atoms with Gasteiger partial charge < -0.3 is 0 Å². The molecule has 3 aromatic rings. The van der Waals surface area contributed by atoms with Crippen molar-refractivity contribution in [3.05, 3.63) is 59.9 Å². The van der Waals surface area contributed by atoms with Crippen LogP contribution >= 0.6 is 0 Å². The molecule has 0 fully saturated rings.